The summed E-state index contributed by atoms with van der Waals surface area (Å²) in [6.07, 6.45) is 0. The Hall–Kier alpha value is -2.93. The molecule has 140 valence electrons. The van der Waals surface area contributed by atoms with Crippen molar-refractivity contribution in [2.45, 2.75) is 37.4 Å². The molecule has 2 heterocycles. The molecule has 1 saturated heterocycles. The standard InChI is InChI=1S/C20H21N3O4/c1-3-27-16-11-7-4-8-13(16)17-12(2)22-20(18(17)23(25)26)14-9-5-6-10-15(14)21-19(20)24/h4-12,17-18,22H,3H2,1-2H3,(H,21,24)/t12-,17-,18+,20-/m0/s1. The molecule has 4 atom stereocenters. The average Bonchev–Trinajstić information content (AvgIpc) is 3.11. The Morgan fingerprint density at radius 3 is 2.63 bits per heavy atom. The second-order valence-corrected chi connectivity index (χ2v) is 6.97. The van der Waals surface area contributed by atoms with Crippen LogP contribution in [-0.4, -0.2) is 29.5 Å². The van der Waals surface area contributed by atoms with Gasteiger partial charge in [0.25, 0.3) is 11.9 Å². The van der Waals surface area contributed by atoms with Gasteiger partial charge in [-0.1, -0.05) is 36.4 Å². The first-order chi connectivity index (χ1) is 13.0. The number of fused-ring (bicyclic) bond motifs is 2. The van der Waals surface area contributed by atoms with Gasteiger partial charge >= 0.3 is 0 Å². The van der Waals surface area contributed by atoms with Gasteiger partial charge in [-0.2, -0.15) is 0 Å². The highest BCUT2D eigenvalue weighted by Gasteiger charge is 2.67. The van der Waals surface area contributed by atoms with Gasteiger partial charge in [0.15, 0.2) is 5.54 Å². The second kappa shape index (κ2) is 6.35. The van der Waals surface area contributed by atoms with Crippen molar-refractivity contribution in [3.05, 3.63) is 69.8 Å². The fraction of sp³-hybridized carbons (Fsp3) is 0.350. The summed E-state index contributed by atoms with van der Waals surface area (Å²) in [6.45, 7) is 4.22. The van der Waals surface area contributed by atoms with E-state index in [4.69, 9.17) is 4.74 Å². The van der Waals surface area contributed by atoms with Gasteiger partial charge in [0.2, 0.25) is 0 Å². The maximum absolute atomic E-state index is 13.0. The molecule has 7 nitrogen and oxygen atoms in total. The highest BCUT2D eigenvalue weighted by molar-refractivity contribution is 6.07. The number of hydrogen-bond donors (Lipinski definition) is 2. The van der Waals surface area contributed by atoms with Crippen LogP contribution in [0.15, 0.2) is 48.5 Å². The average molecular weight is 367 g/mol. The molecule has 0 unspecified atom stereocenters. The summed E-state index contributed by atoms with van der Waals surface area (Å²) in [6, 6.07) is 13.1. The number of benzene rings is 2. The lowest BCUT2D eigenvalue weighted by Gasteiger charge is -2.26. The van der Waals surface area contributed by atoms with E-state index in [0.29, 0.717) is 23.6 Å². The van der Waals surface area contributed by atoms with Gasteiger partial charge in [0.1, 0.15) is 5.75 Å². The van der Waals surface area contributed by atoms with Crippen LogP contribution in [0.4, 0.5) is 5.69 Å². The molecule has 0 aromatic heterocycles. The smallest absolute Gasteiger partial charge is 0.256 e. The minimum absolute atomic E-state index is 0.293. The third-order valence-corrected chi connectivity index (χ3v) is 5.54. The molecule has 0 aliphatic carbocycles. The van der Waals surface area contributed by atoms with Crippen molar-refractivity contribution in [1.29, 1.82) is 0 Å². The number of nitro groups is 1. The number of rotatable bonds is 4. The number of carbonyl (C=O) groups excluding carboxylic acids is 1. The van der Waals surface area contributed by atoms with Gasteiger partial charge < -0.3 is 10.1 Å². The van der Waals surface area contributed by atoms with Crippen LogP contribution >= 0.6 is 0 Å². The lowest BCUT2D eigenvalue weighted by molar-refractivity contribution is -0.532. The zero-order valence-corrected chi connectivity index (χ0v) is 15.1. The molecule has 7 heteroatoms. The summed E-state index contributed by atoms with van der Waals surface area (Å²) in [5.41, 5.74) is 0.589. The van der Waals surface area contributed by atoms with Crippen LogP contribution < -0.4 is 15.4 Å². The van der Waals surface area contributed by atoms with Gasteiger partial charge in [-0.3, -0.25) is 20.2 Å². The van der Waals surface area contributed by atoms with Crippen molar-refractivity contribution < 1.29 is 14.5 Å². The number of anilines is 1. The minimum Gasteiger partial charge on any atom is -0.494 e. The summed E-state index contributed by atoms with van der Waals surface area (Å²) in [5, 5.41) is 18.3. The second-order valence-electron chi connectivity index (χ2n) is 6.97. The highest BCUT2D eigenvalue weighted by Crippen LogP contribution is 2.50. The maximum Gasteiger partial charge on any atom is 0.256 e. The van der Waals surface area contributed by atoms with Crippen LogP contribution in [0, 0.1) is 10.1 Å². The monoisotopic (exact) mass is 367 g/mol. The largest absolute Gasteiger partial charge is 0.494 e. The fourth-order valence-corrected chi connectivity index (χ4v) is 4.56. The Kier molecular flexibility index (Phi) is 4.11. The fourth-order valence-electron chi connectivity index (χ4n) is 4.56. The van der Waals surface area contributed by atoms with Crippen LogP contribution in [0.3, 0.4) is 0 Å². The summed E-state index contributed by atoms with van der Waals surface area (Å²) in [5.74, 6) is -0.275. The first-order valence-corrected chi connectivity index (χ1v) is 9.04. The number of hydrogen-bond acceptors (Lipinski definition) is 5. The van der Waals surface area contributed by atoms with E-state index >= 15 is 0 Å². The van der Waals surface area contributed by atoms with E-state index in [-0.39, 0.29) is 16.9 Å². The van der Waals surface area contributed by atoms with Gasteiger partial charge in [-0.25, -0.2) is 0 Å². The van der Waals surface area contributed by atoms with Gasteiger partial charge in [0, 0.05) is 27.8 Å². The molecule has 2 aliphatic rings. The predicted octanol–water partition coefficient (Wildman–Crippen LogP) is 2.65. The van der Waals surface area contributed by atoms with E-state index in [0.717, 1.165) is 5.56 Å². The van der Waals surface area contributed by atoms with Crippen molar-refractivity contribution >= 4 is 11.6 Å². The number of para-hydroxylation sites is 2. The third kappa shape index (κ3) is 2.42. The topological polar surface area (TPSA) is 93.5 Å². The van der Waals surface area contributed by atoms with Gasteiger partial charge in [0.05, 0.1) is 12.5 Å². The van der Waals surface area contributed by atoms with E-state index in [1.807, 2.05) is 38.1 Å². The van der Waals surface area contributed by atoms with Crippen LogP contribution in [0.5, 0.6) is 5.75 Å². The molecule has 4 rings (SSSR count). The Morgan fingerprint density at radius 1 is 1.19 bits per heavy atom. The molecule has 2 aromatic carbocycles. The Morgan fingerprint density at radius 2 is 1.89 bits per heavy atom. The lowest BCUT2D eigenvalue weighted by atomic mass is 9.78. The number of carbonyl (C=O) groups is 1. The highest BCUT2D eigenvalue weighted by atomic mass is 16.6. The zero-order valence-electron chi connectivity index (χ0n) is 15.1. The SMILES string of the molecule is CCOc1ccccc1[C@@H]1[C@H](C)N[C@]2(C(=O)Nc3ccccc32)[C@@H]1[N+](=O)[O-]. The number of ether oxygens (including phenoxy) is 1. The van der Waals surface area contributed by atoms with Crippen LogP contribution in [-0.2, 0) is 10.3 Å². The Bertz CT molecular complexity index is 916. The first-order valence-electron chi connectivity index (χ1n) is 9.04. The minimum atomic E-state index is -1.40. The van der Waals surface area contributed by atoms with Gasteiger partial charge in [-0.15, -0.1) is 0 Å². The quantitative estimate of drug-likeness (QED) is 0.640. The summed E-state index contributed by atoms with van der Waals surface area (Å²) in [4.78, 5) is 24.9. The summed E-state index contributed by atoms with van der Waals surface area (Å²) < 4.78 is 5.72. The van der Waals surface area contributed by atoms with E-state index in [2.05, 4.69) is 10.6 Å². The Balaban J connectivity index is 1.90. The van der Waals surface area contributed by atoms with Crippen LogP contribution in [0.25, 0.3) is 0 Å². The number of nitrogens with one attached hydrogen (secondary N) is 2. The van der Waals surface area contributed by atoms with E-state index in [1.165, 1.54) is 0 Å². The van der Waals surface area contributed by atoms with E-state index in [1.54, 1.807) is 24.3 Å². The Labute approximate surface area is 156 Å². The maximum atomic E-state index is 13.0. The van der Waals surface area contributed by atoms with Crippen LogP contribution in [0.1, 0.15) is 30.9 Å². The summed E-state index contributed by atoms with van der Waals surface area (Å²) in [7, 11) is 0. The molecule has 2 N–H and O–H groups in total. The summed E-state index contributed by atoms with van der Waals surface area (Å²) >= 11 is 0. The molecule has 0 radical (unpaired) electrons. The molecule has 2 aliphatic heterocycles. The lowest BCUT2D eigenvalue weighted by Crippen LogP contribution is -2.54. The normalized spacial score (nSPS) is 28.8. The molecular formula is C20H21N3O4. The van der Waals surface area contributed by atoms with Crippen molar-refractivity contribution in [2.24, 2.45) is 0 Å². The predicted molar refractivity (Wildman–Crippen MR) is 100 cm³/mol. The molecule has 1 fully saturated rings. The molecule has 2 aromatic rings. The molecule has 1 spiro atoms. The molecule has 1 amide bonds. The number of nitrogens with zero attached hydrogens (tertiary/aromatic N) is 1. The molecule has 0 saturated carbocycles. The zero-order chi connectivity index (χ0) is 19.2. The van der Waals surface area contributed by atoms with Crippen LogP contribution in [0.2, 0.25) is 0 Å². The van der Waals surface area contributed by atoms with Crippen molar-refractivity contribution in [1.82, 2.24) is 5.32 Å². The molecular weight excluding hydrogens is 346 g/mol. The van der Waals surface area contributed by atoms with Gasteiger partial charge in [-0.05, 0) is 26.0 Å². The van der Waals surface area contributed by atoms with E-state index in [9.17, 15) is 14.9 Å². The molecule has 27 heavy (non-hydrogen) atoms. The van der Waals surface area contributed by atoms with Crippen molar-refractivity contribution in [2.75, 3.05) is 11.9 Å². The third-order valence-electron chi connectivity index (χ3n) is 5.54. The first kappa shape index (κ1) is 17.5. The molecule has 0 bridgehead atoms. The van der Waals surface area contributed by atoms with E-state index < -0.39 is 17.5 Å². The van der Waals surface area contributed by atoms with Crippen molar-refractivity contribution in [3.8, 4) is 5.75 Å². The van der Waals surface area contributed by atoms with Crippen molar-refractivity contribution in [3.63, 3.8) is 0 Å². The number of amides is 1.